The predicted molar refractivity (Wildman–Crippen MR) is 97.2 cm³/mol. The Morgan fingerprint density at radius 2 is 1.88 bits per heavy atom. The summed E-state index contributed by atoms with van der Waals surface area (Å²) in [6.45, 7) is 9.02. The molecule has 136 valence electrons. The van der Waals surface area contributed by atoms with E-state index in [1.165, 1.54) is 12.1 Å². The molecule has 5 nitrogen and oxygen atoms in total. The van der Waals surface area contributed by atoms with Crippen LogP contribution in [-0.4, -0.2) is 40.7 Å². The molecule has 2 N–H and O–H groups in total. The highest BCUT2D eigenvalue weighted by Crippen LogP contribution is 2.20. The molecule has 0 spiro atoms. The van der Waals surface area contributed by atoms with Crippen LogP contribution in [0.5, 0.6) is 0 Å². The van der Waals surface area contributed by atoms with Crippen LogP contribution in [0.4, 0.5) is 4.39 Å². The van der Waals surface area contributed by atoms with Gasteiger partial charge in [-0.15, -0.1) is 0 Å². The number of hydrogen-bond donors (Lipinski definition) is 1. The van der Waals surface area contributed by atoms with Crippen LogP contribution in [0.25, 0.3) is 5.69 Å². The zero-order chi connectivity index (χ0) is 18.8. The molecule has 0 saturated carbocycles. The smallest absolute Gasteiger partial charge is 0.226 e. The van der Waals surface area contributed by atoms with Gasteiger partial charge in [-0.25, -0.2) is 9.07 Å². The number of halogens is 1. The highest BCUT2D eigenvalue weighted by Gasteiger charge is 2.23. The molecule has 6 heteroatoms. The van der Waals surface area contributed by atoms with Crippen molar-refractivity contribution in [3.63, 3.8) is 0 Å². The Labute approximate surface area is 148 Å². The van der Waals surface area contributed by atoms with E-state index in [-0.39, 0.29) is 23.6 Å². The number of carbonyl (C=O) groups excluding carboxylic acids is 1. The van der Waals surface area contributed by atoms with E-state index >= 15 is 0 Å². The third-order valence-corrected chi connectivity index (χ3v) is 4.48. The molecule has 2 rings (SSSR count). The maximum absolute atomic E-state index is 13.1. The fraction of sp³-hybridized carbons (Fsp3) is 0.474. The van der Waals surface area contributed by atoms with Crippen molar-refractivity contribution >= 4 is 5.91 Å². The van der Waals surface area contributed by atoms with Crippen molar-refractivity contribution in [1.29, 1.82) is 0 Å². The van der Waals surface area contributed by atoms with Crippen molar-refractivity contribution in [2.75, 3.05) is 20.1 Å². The monoisotopic (exact) mass is 346 g/mol. The molecular formula is C19H27FN4O. The minimum atomic E-state index is -0.287. The van der Waals surface area contributed by atoms with Gasteiger partial charge in [0.2, 0.25) is 5.91 Å². The number of benzene rings is 1. The van der Waals surface area contributed by atoms with Crippen molar-refractivity contribution in [1.82, 2.24) is 14.7 Å². The Morgan fingerprint density at radius 3 is 2.44 bits per heavy atom. The Bertz CT molecular complexity index is 750. The van der Waals surface area contributed by atoms with E-state index in [1.807, 2.05) is 27.7 Å². The summed E-state index contributed by atoms with van der Waals surface area (Å²) >= 11 is 0. The molecule has 1 aromatic carbocycles. The standard InChI is InChI=1S/C19H27FN4O/c1-13-17(10-18(25)23(5)12-19(3,4)11-21)14(2)24(22-13)16-8-6-15(20)7-9-16/h6-9H,10-12,21H2,1-5H3. The average molecular weight is 346 g/mol. The first-order valence-electron chi connectivity index (χ1n) is 8.39. The van der Waals surface area contributed by atoms with Crippen LogP contribution < -0.4 is 5.73 Å². The van der Waals surface area contributed by atoms with E-state index in [1.54, 1.807) is 28.8 Å². The highest BCUT2D eigenvalue weighted by molar-refractivity contribution is 5.79. The number of aryl methyl sites for hydroxylation is 1. The summed E-state index contributed by atoms with van der Waals surface area (Å²) in [6.07, 6.45) is 0.288. The van der Waals surface area contributed by atoms with E-state index < -0.39 is 0 Å². The zero-order valence-corrected chi connectivity index (χ0v) is 15.6. The van der Waals surface area contributed by atoms with Gasteiger partial charge in [-0.1, -0.05) is 13.8 Å². The summed E-state index contributed by atoms with van der Waals surface area (Å²) in [5, 5.41) is 4.52. The normalized spacial score (nSPS) is 11.6. The van der Waals surface area contributed by atoms with Crippen molar-refractivity contribution in [3.8, 4) is 5.69 Å². The lowest BCUT2D eigenvalue weighted by Gasteiger charge is -2.29. The van der Waals surface area contributed by atoms with Crippen LogP contribution >= 0.6 is 0 Å². The second-order valence-electron chi connectivity index (χ2n) is 7.33. The van der Waals surface area contributed by atoms with Gasteiger partial charge in [0.25, 0.3) is 0 Å². The van der Waals surface area contributed by atoms with Gasteiger partial charge in [-0.05, 0) is 50.1 Å². The van der Waals surface area contributed by atoms with Crippen LogP contribution in [0.3, 0.4) is 0 Å². The van der Waals surface area contributed by atoms with Crippen LogP contribution in [0.2, 0.25) is 0 Å². The van der Waals surface area contributed by atoms with Crippen molar-refractivity contribution < 1.29 is 9.18 Å². The summed E-state index contributed by atoms with van der Waals surface area (Å²) in [4.78, 5) is 14.3. The Morgan fingerprint density at radius 1 is 1.28 bits per heavy atom. The molecule has 0 saturated heterocycles. The maximum Gasteiger partial charge on any atom is 0.226 e. The molecule has 0 aliphatic heterocycles. The van der Waals surface area contributed by atoms with Gasteiger partial charge in [-0.2, -0.15) is 5.10 Å². The van der Waals surface area contributed by atoms with Crippen molar-refractivity contribution in [2.45, 2.75) is 34.1 Å². The molecule has 1 amide bonds. The van der Waals surface area contributed by atoms with Gasteiger partial charge in [0.1, 0.15) is 5.82 Å². The SMILES string of the molecule is Cc1nn(-c2ccc(F)cc2)c(C)c1CC(=O)N(C)CC(C)(C)CN. The number of amides is 1. The number of likely N-dealkylation sites (N-methyl/N-ethyl adjacent to an activating group) is 1. The summed E-state index contributed by atoms with van der Waals surface area (Å²) in [5.41, 5.74) is 9.02. The second kappa shape index (κ2) is 7.35. The van der Waals surface area contributed by atoms with Gasteiger partial charge in [0.15, 0.2) is 0 Å². The van der Waals surface area contributed by atoms with Crippen LogP contribution in [0.15, 0.2) is 24.3 Å². The molecule has 0 fully saturated rings. The molecule has 0 unspecified atom stereocenters. The minimum absolute atomic E-state index is 0.0337. The van der Waals surface area contributed by atoms with Gasteiger partial charge in [-0.3, -0.25) is 4.79 Å². The molecule has 0 aliphatic carbocycles. The van der Waals surface area contributed by atoms with E-state index in [0.29, 0.717) is 13.1 Å². The molecule has 0 radical (unpaired) electrons. The van der Waals surface area contributed by atoms with Crippen molar-refractivity contribution in [2.24, 2.45) is 11.1 Å². The number of rotatable bonds is 6. The largest absolute Gasteiger partial charge is 0.345 e. The summed E-state index contributed by atoms with van der Waals surface area (Å²) < 4.78 is 14.9. The van der Waals surface area contributed by atoms with E-state index in [9.17, 15) is 9.18 Å². The minimum Gasteiger partial charge on any atom is -0.345 e. The van der Waals surface area contributed by atoms with E-state index in [4.69, 9.17) is 5.73 Å². The molecule has 0 bridgehead atoms. The molecule has 25 heavy (non-hydrogen) atoms. The molecule has 1 heterocycles. The molecule has 0 atom stereocenters. The summed E-state index contributed by atoms with van der Waals surface area (Å²) in [6, 6.07) is 6.16. The Kier molecular flexibility index (Phi) is 5.62. The predicted octanol–water partition coefficient (Wildman–Crippen LogP) is 2.61. The Balaban J connectivity index is 2.20. The number of nitrogens with two attached hydrogens (primary N) is 1. The first-order chi connectivity index (χ1) is 11.6. The second-order valence-corrected chi connectivity index (χ2v) is 7.33. The summed E-state index contributed by atoms with van der Waals surface area (Å²) in [7, 11) is 1.80. The lowest BCUT2D eigenvalue weighted by molar-refractivity contribution is -0.130. The first kappa shape index (κ1) is 19.1. The van der Waals surface area contributed by atoms with E-state index in [2.05, 4.69) is 5.10 Å². The number of nitrogens with zero attached hydrogens (tertiary/aromatic N) is 3. The van der Waals surface area contributed by atoms with E-state index in [0.717, 1.165) is 22.6 Å². The molecule has 2 aromatic rings. The first-order valence-corrected chi connectivity index (χ1v) is 8.39. The number of carbonyl (C=O) groups is 1. The number of hydrogen-bond acceptors (Lipinski definition) is 3. The molecule has 1 aromatic heterocycles. The fourth-order valence-corrected chi connectivity index (χ4v) is 2.85. The van der Waals surface area contributed by atoms with Gasteiger partial charge >= 0.3 is 0 Å². The summed E-state index contributed by atoms with van der Waals surface area (Å²) in [5.74, 6) is -0.254. The van der Waals surface area contributed by atoms with Crippen LogP contribution in [-0.2, 0) is 11.2 Å². The quantitative estimate of drug-likeness (QED) is 0.874. The lowest BCUT2D eigenvalue weighted by Crippen LogP contribution is -2.40. The third-order valence-electron chi connectivity index (χ3n) is 4.48. The molecule has 0 aliphatic rings. The van der Waals surface area contributed by atoms with Gasteiger partial charge in [0, 0.05) is 24.8 Å². The average Bonchev–Trinajstić information content (AvgIpc) is 2.83. The zero-order valence-electron chi connectivity index (χ0n) is 15.6. The third kappa shape index (κ3) is 4.45. The molecular weight excluding hydrogens is 319 g/mol. The Hall–Kier alpha value is -2.21. The maximum atomic E-state index is 13.1. The van der Waals surface area contributed by atoms with Crippen LogP contribution in [0, 0.1) is 25.1 Å². The topological polar surface area (TPSA) is 64.2 Å². The van der Waals surface area contributed by atoms with Gasteiger partial charge < -0.3 is 10.6 Å². The lowest BCUT2D eigenvalue weighted by atomic mass is 9.93. The number of aromatic nitrogens is 2. The van der Waals surface area contributed by atoms with Gasteiger partial charge in [0.05, 0.1) is 17.8 Å². The van der Waals surface area contributed by atoms with Crippen LogP contribution in [0.1, 0.15) is 30.8 Å². The highest BCUT2D eigenvalue weighted by atomic mass is 19.1. The fourth-order valence-electron chi connectivity index (χ4n) is 2.85. The van der Waals surface area contributed by atoms with Crippen molar-refractivity contribution in [3.05, 3.63) is 47.0 Å².